The van der Waals surface area contributed by atoms with Gasteiger partial charge in [-0.15, -0.1) is 0 Å². The molecule has 1 aliphatic carbocycles. The van der Waals surface area contributed by atoms with Crippen LogP contribution >= 0.6 is 0 Å². The van der Waals surface area contributed by atoms with Gasteiger partial charge < -0.3 is 10.4 Å². The summed E-state index contributed by atoms with van der Waals surface area (Å²) in [6, 6.07) is 11.3. The molecule has 0 heterocycles. The fourth-order valence-electron chi connectivity index (χ4n) is 2.42. The first-order valence-corrected chi connectivity index (χ1v) is 8.27. The number of hydrogen-bond acceptors (Lipinski definition) is 4. The smallest absolute Gasteiger partial charge is 0.475 e. The summed E-state index contributed by atoms with van der Waals surface area (Å²) in [5.74, 6) is -2.37. The van der Waals surface area contributed by atoms with Gasteiger partial charge in [0.2, 0.25) is 5.91 Å². The monoisotopic (exact) mass is 376 g/mol. The second-order valence-corrected chi connectivity index (χ2v) is 5.96. The minimum Gasteiger partial charge on any atom is -0.475 e. The lowest BCUT2D eigenvalue weighted by molar-refractivity contribution is -0.192. The van der Waals surface area contributed by atoms with Crippen LogP contribution in [0.5, 0.6) is 0 Å². The van der Waals surface area contributed by atoms with Crippen molar-refractivity contribution >= 4 is 11.9 Å². The molecule has 4 N–H and O–H groups in total. The summed E-state index contributed by atoms with van der Waals surface area (Å²) in [6.07, 6.45) is -0.510. The van der Waals surface area contributed by atoms with Crippen molar-refractivity contribution in [1.29, 1.82) is 0 Å². The molecule has 1 fully saturated rings. The van der Waals surface area contributed by atoms with Gasteiger partial charge in [0, 0.05) is 18.4 Å². The topological polar surface area (TPSA) is 98.7 Å². The van der Waals surface area contributed by atoms with Crippen LogP contribution in [0.3, 0.4) is 0 Å². The summed E-state index contributed by atoms with van der Waals surface area (Å²) in [6.45, 7) is 1.01. The number of carboxylic acid groups (broad SMARTS) is 1. The van der Waals surface area contributed by atoms with Crippen molar-refractivity contribution in [3.05, 3.63) is 35.9 Å². The van der Waals surface area contributed by atoms with Gasteiger partial charge >= 0.3 is 12.1 Å². The highest BCUT2D eigenvalue weighted by molar-refractivity contribution is 5.74. The Hall–Kier alpha value is -2.13. The molecule has 2 atom stereocenters. The predicted molar refractivity (Wildman–Crippen MR) is 87.7 cm³/mol. The van der Waals surface area contributed by atoms with E-state index in [1.54, 1.807) is 5.48 Å². The Morgan fingerprint density at radius 1 is 1.12 bits per heavy atom. The van der Waals surface area contributed by atoms with Gasteiger partial charge in [-0.05, 0) is 31.4 Å². The van der Waals surface area contributed by atoms with Crippen molar-refractivity contribution in [3.8, 4) is 0 Å². The van der Waals surface area contributed by atoms with Gasteiger partial charge in [-0.1, -0.05) is 36.8 Å². The fourth-order valence-corrected chi connectivity index (χ4v) is 2.42. The van der Waals surface area contributed by atoms with E-state index in [0.717, 1.165) is 25.8 Å². The maximum absolute atomic E-state index is 10.8. The molecule has 0 saturated heterocycles. The number of benzene rings is 1. The van der Waals surface area contributed by atoms with Gasteiger partial charge in [-0.3, -0.25) is 10.0 Å². The minimum atomic E-state index is -5.08. The number of unbranched alkanes of at least 4 members (excludes halogenated alkanes) is 2. The van der Waals surface area contributed by atoms with Gasteiger partial charge in [-0.2, -0.15) is 13.2 Å². The number of aliphatic carboxylic acids is 1. The number of carbonyl (C=O) groups is 2. The third-order valence-electron chi connectivity index (χ3n) is 3.87. The number of carbonyl (C=O) groups excluding carboxylic acids is 1. The van der Waals surface area contributed by atoms with E-state index in [1.807, 2.05) is 0 Å². The largest absolute Gasteiger partial charge is 0.490 e. The number of hydroxylamine groups is 1. The Morgan fingerprint density at radius 2 is 1.73 bits per heavy atom. The Balaban J connectivity index is 0.000000412. The van der Waals surface area contributed by atoms with Crippen LogP contribution in [0.15, 0.2) is 30.3 Å². The fraction of sp³-hybridized carbons (Fsp3) is 0.529. The molecule has 0 spiro atoms. The van der Waals surface area contributed by atoms with Gasteiger partial charge in [-0.25, -0.2) is 10.3 Å². The van der Waals surface area contributed by atoms with Crippen LogP contribution in [0.1, 0.15) is 43.6 Å². The van der Waals surface area contributed by atoms with E-state index in [1.165, 1.54) is 12.0 Å². The summed E-state index contributed by atoms with van der Waals surface area (Å²) < 4.78 is 31.7. The van der Waals surface area contributed by atoms with Gasteiger partial charge in [0.25, 0.3) is 0 Å². The molecule has 2 rings (SSSR count). The summed E-state index contributed by atoms with van der Waals surface area (Å²) in [7, 11) is 0. The van der Waals surface area contributed by atoms with Gasteiger partial charge in [0.15, 0.2) is 0 Å². The van der Waals surface area contributed by atoms with Crippen LogP contribution < -0.4 is 10.8 Å². The van der Waals surface area contributed by atoms with Crippen molar-refractivity contribution in [2.24, 2.45) is 0 Å². The van der Waals surface area contributed by atoms with E-state index >= 15 is 0 Å². The van der Waals surface area contributed by atoms with E-state index < -0.39 is 12.1 Å². The van der Waals surface area contributed by atoms with E-state index in [-0.39, 0.29) is 5.91 Å². The molecule has 1 saturated carbocycles. The van der Waals surface area contributed by atoms with Crippen LogP contribution in [0.2, 0.25) is 0 Å². The lowest BCUT2D eigenvalue weighted by atomic mass is 10.1. The van der Waals surface area contributed by atoms with Crippen LogP contribution in [-0.4, -0.2) is 41.0 Å². The van der Waals surface area contributed by atoms with Crippen molar-refractivity contribution in [1.82, 2.24) is 10.8 Å². The van der Waals surface area contributed by atoms with Gasteiger partial charge in [0.1, 0.15) is 0 Å². The summed E-state index contributed by atoms with van der Waals surface area (Å²) in [5.41, 5.74) is 3.08. The maximum Gasteiger partial charge on any atom is 0.490 e. The molecule has 0 radical (unpaired) electrons. The zero-order valence-corrected chi connectivity index (χ0v) is 14.1. The lowest BCUT2D eigenvalue weighted by Gasteiger charge is -2.04. The number of hydrogen-bond donors (Lipinski definition) is 4. The molecule has 1 aromatic carbocycles. The number of alkyl halides is 3. The molecule has 1 aliphatic rings. The second kappa shape index (κ2) is 10.8. The highest BCUT2D eigenvalue weighted by Crippen LogP contribution is 2.40. The second-order valence-electron chi connectivity index (χ2n) is 5.96. The number of nitrogens with one attached hydrogen (secondary N) is 2. The van der Waals surface area contributed by atoms with E-state index in [4.69, 9.17) is 15.1 Å². The quantitative estimate of drug-likeness (QED) is 0.318. The lowest BCUT2D eigenvalue weighted by Crippen LogP contribution is -2.21. The molecule has 146 valence electrons. The van der Waals surface area contributed by atoms with Gasteiger partial charge in [0.05, 0.1) is 0 Å². The van der Waals surface area contributed by atoms with Crippen molar-refractivity contribution in [2.75, 3.05) is 6.54 Å². The van der Waals surface area contributed by atoms with Crippen molar-refractivity contribution in [2.45, 2.75) is 50.2 Å². The molecular formula is C17H23F3N2O4. The standard InChI is InChI=1S/C15H22N2O2.C2HF3O2/c18-15(17-19)9-5-2-6-10-16-14-11-13(14)12-7-3-1-4-8-12;3-2(4,5)1(6)7/h1,3-4,7-8,13-14,16,19H,2,5-6,9-11H2,(H,17,18);(H,6,7). The minimum absolute atomic E-state index is 0.292. The average molecular weight is 376 g/mol. The Kier molecular flexibility index (Phi) is 9.08. The Labute approximate surface area is 149 Å². The van der Waals surface area contributed by atoms with E-state index in [0.29, 0.717) is 18.4 Å². The Morgan fingerprint density at radius 3 is 2.27 bits per heavy atom. The summed E-state index contributed by atoms with van der Waals surface area (Å²) in [5, 5.41) is 19.0. The van der Waals surface area contributed by atoms with Crippen LogP contribution in [0.25, 0.3) is 0 Å². The SMILES string of the molecule is O=C(CCCCCNC1CC1c1ccccc1)NO.O=C(O)C(F)(F)F. The first-order chi connectivity index (χ1) is 12.3. The normalized spacial score (nSPS) is 18.5. The molecule has 6 nitrogen and oxygen atoms in total. The van der Waals surface area contributed by atoms with Crippen LogP contribution in [0.4, 0.5) is 13.2 Å². The first kappa shape index (κ1) is 21.9. The highest BCUT2D eigenvalue weighted by Gasteiger charge is 2.38. The Bertz CT molecular complexity index is 567. The molecule has 2 unspecified atom stereocenters. The van der Waals surface area contributed by atoms with Crippen molar-refractivity contribution < 1.29 is 33.1 Å². The molecular weight excluding hydrogens is 353 g/mol. The molecule has 0 aliphatic heterocycles. The first-order valence-electron chi connectivity index (χ1n) is 8.27. The zero-order chi connectivity index (χ0) is 19.6. The molecule has 26 heavy (non-hydrogen) atoms. The third-order valence-corrected chi connectivity index (χ3v) is 3.87. The number of rotatable bonds is 8. The molecule has 0 aromatic heterocycles. The highest BCUT2D eigenvalue weighted by atomic mass is 19.4. The molecule has 0 bridgehead atoms. The molecule has 1 aromatic rings. The zero-order valence-electron chi connectivity index (χ0n) is 14.1. The van der Waals surface area contributed by atoms with Crippen molar-refractivity contribution in [3.63, 3.8) is 0 Å². The van der Waals surface area contributed by atoms with E-state index in [9.17, 15) is 18.0 Å². The van der Waals surface area contributed by atoms with Crippen LogP contribution in [0, 0.1) is 0 Å². The summed E-state index contributed by atoms with van der Waals surface area (Å²) in [4.78, 5) is 19.7. The average Bonchev–Trinajstić information content (AvgIpc) is 3.37. The number of amides is 1. The number of halogens is 3. The van der Waals surface area contributed by atoms with E-state index in [2.05, 4.69) is 35.6 Å². The van der Waals surface area contributed by atoms with Crippen LogP contribution in [-0.2, 0) is 9.59 Å². The molecule has 1 amide bonds. The third kappa shape index (κ3) is 8.82. The maximum atomic E-state index is 10.8. The summed E-state index contributed by atoms with van der Waals surface area (Å²) >= 11 is 0. The molecule has 9 heteroatoms. The number of carboxylic acids is 1. The predicted octanol–water partition coefficient (Wildman–Crippen LogP) is 2.83.